The number of hydrogen-bond donors (Lipinski definition) is 11. The summed E-state index contributed by atoms with van der Waals surface area (Å²) >= 11 is 0. The molecule has 0 spiro atoms. The molecule has 342 valence electrons. The van der Waals surface area contributed by atoms with Crippen molar-refractivity contribution in [3.8, 4) is 5.75 Å². The third kappa shape index (κ3) is 18.5. The maximum Gasteiger partial charge on any atom is 0.305 e. The molecule has 1 aliphatic rings. The summed E-state index contributed by atoms with van der Waals surface area (Å²) in [7, 11) is 0. The number of aromatic hydroxyl groups is 1. The van der Waals surface area contributed by atoms with Crippen LogP contribution in [-0.4, -0.2) is 142 Å². The van der Waals surface area contributed by atoms with E-state index in [1.807, 2.05) is 24.6 Å². The third-order valence-electron chi connectivity index (χ3n) is 9.97. The zero-order valence-corrected chi connectivity index (χ0v) is 35.5. The van der Waals surface area contributed by atoms with Crippen molar-refractivity contribution in [1.82, 2.24) is 46.6 Å². The molecule has 0 bridgehead atoms. The van der Waals surface area contributed by atoms with E-state index in [0.29, 0.717) is 51.0 Å². The first-order chi connectivity index (χ1) is 29.5. The van der Waals surface area contributed by atoms with Crippen LogP contribution in [0, 0.1) is 13.8 Å². The van der Waals surface area contributed by atoms with E-state index in [0.717, 1.165) is 17.9 Å². The van der Waals surface area contributed by atoms with Crippen molar-refractivity contribution in [3.63, 3.8) is 0 Å². The van der Waals surface area contributed by atoms with Gasteiger partial charge in [-0.1, -0.05) is 12.1 Å². The summed E-state index contributed by atoms with van der Waals surface area (Å²) in [6.45, 7) is 6.98. The molecule has 1 aliphatic heterocycles. The van der Waals surface area contributed by atoms with Gasteiger partial charge in [0.25, 0.3) is 0 Å². The zero-order chi connectivity index (χ0) is 45.6. The van der Waals surface area contributed by atoms with E-state index in [9.17, 15) is 43.8 Å². The maximum absolute atomic E-state index is 14.0. The molecule has 22 heteroatoms. The number of aliphatic carboxylic acids is 1. The van der Waals surface area contributed by atoms with Crippen LogP contribution < -0.4 is 49.1 Å². The molecule has 62 heavy (non-hydrogen) atoms. The lowest BCUT2D eigenvalue weighted by molar-refractivity contribution is -0.141. The number of aryl methyl sites for hydroxylation is 2. The number of nitrogens with two attached hydrogens (primary N) is 3. The number of carbonyl (C=O) groups is 7. The van der Waals surface area contributed by atoms with Gasteiger partial charge in [0, 0.05) is 51.3 Å². The molecule has 0 saturated carbocycles. The van der Waals surface area contributed by atoms with Crippen molar-refractivity contribution < 1.29 is 43.8 Å². The number of nitrogens with one attached hydrogen (secondary N) is 6. The number of carboxylic acids is 1. The van der Waals surface area contributed by atoms with Gasteiger partial charge in [-0.25, -0.2) is 0 Å². The molecule has 1 aromatic carbocycles. The number of guanidine groups is 1. The van der Waals surface area contributed by atoms with E-state index in [1.165, 1.54) is 24.3 Å². The molecule has 1 fully saturated rings. The quantitative estimate of drug-likeness (QED) is 0.0328. The Labute approximate surface area is 360 Å². The van der Waals surface area contributed by atoms with E-state index in [2.05, 4.69) is 46.9 Å². The van der Waals surface area contributed by atoms with E-state index in [-0.39, 0.29) is 62.8 Å². The van der Waals surface area contributed by atoms with E-state index < -0.39 is 72.6 Å². The van der Waals surface area contributed by atoms with Crippen molar-refractivity contribution in [2.75, 3.05) is 45.8 Å². The number of hydrogen-bond acceptors (Lipinski definition) is 12. The molecular formula is C40H63N13O9. The smallest absolute Gasteiger partial charge is 0.305 e. The number of carboxylic acid groups (broad SMARTS) is 1. The Hall–Kier alpha value is -6.29. The molecule has 0 aliphatic carbocycles. The summed E-state index contributed by atoms with van der Waals surface area (Å²) in [6.07, 6.45) is 1.000. The average molecular weight is 870 g/mol. The lowest BCUT2D eigenvalue weighted by atomic mass is 10.0. The highest BCUT2D eigenvalue weighted by molar-refractivity contribution is 5.98. The first-order valence-corrected chi connectivity index (χ1v) is 20.8. The lowest BCUT2D eigenvalue weighted by Gasteiger charge is -2.26. The topological polar surface area (TPSA) is 344 Å². The first-order valence-electron chi connectivity index (χ1n) is 20.8. The van der Waals surface area contributed by atoms with Crippen molar-refractivity contribution in [1.29, 1.82) is 0 Å². The Morgan fingerprint density at radius 2 is 1.50 bits per heavy atom. The zero-order valence-electron chi connectivity index (χ0n) is 35.5. The van der Waals surface area contributed by atoms with Crippen LogP contribution in [0.2, 0.25) is 0 Å². The number of benzene rings is 1. The first kappa shape index (κ1) is 50.1. The van der Waals surface area contributed by atoms with Gasteiger partial charge in [0.2, 0.25) is 35.4 Å². The van der Waals surface area contributed by atoms with Crippen LogP contribution in [0.5, 0.6) is 5.75 Å². The highest BCUT2D eigenvalue weighted by Gasteiger charge is 2.33. The monoisotopic (exact) mass is 869 g/mol. The predicted molar refractivity (Wildman–Crippen MR) is 228 cm³/mol. The Morgan fingerprint density at radius 1 is 0.855 bits per heavy atom. The molecule has 3 rings (SSSR count). The van der Waals surface area contributed by atoms with Crippen LogP contribution in [0.3, 0.4) is 0 Å². The van der Waals surface area contributed by atoms with E-state index >= 15 is 0 Å². The highest BCUT2D eigenvalue weighted by Crippen LogP contribution is 2.13. The third-order valence-corrected chi connectivity index (χ3v) is 9.97. The molecule has 22 nitrogen and oxygen atoms in total. The SMILES string of the molecule is Cc1cc(C)n(CCN(CCN)CCCC(=O)NCCCC[C@@H]2NC(=O)[C@H](CCCN=C(N)N)NC(=O)CNC(=O)[C@H](CC(=O)O)NC(=O)[C@@H](Cc3ccc(O)cc3)NC2=O)n1. The fourth-order valence-electron chi connectivity index (χ4n) is 6.76. The van der Waals surface area contributed by atoms with Gasteiger partial charge in [0.1, 0.15) is 29.9 Å². The Balaban J connectivity index is 1.73. The number of phenolic OH excluding ortho intramolecular Hbond substituents is 1. The summed E-state index contributed by atoms with van der Waals surface area (Å²) in [6, 6.07) is 2.34. The minimum absolute atomic E-state index is 0.0293. The number of amides is 6. The molecule has 0 radical (unpaired) electrons. The van der Waals surface area contributed by atoms with Gasteiger partial charge in [-0.3, -0.25) is 43.2 Å². The Bertz CT molecular complexity index is 1850. The number of aliphatic imine (C=N–C) groups is 1. The Kier molecular flexibility index (Phi) is 21.1. The molecule has 2 heterocycles. The van der Waals surface area contributed by atoms with Gasteiger partial charge in [-0.2, -0.15) is 5.10 Å². The lowest BCUT2D eigenvalue weighted by Crippen LogP contribution is -2.58. The normalized spacial score (nSPS) is 18.9. The molecule has 2 aromatic rings. The molecule has 0 unspecified atom stereocenters. The molecule has 1 saturated heterocycles. The summed E-state index contributed by atoms with van der Waals surface area (Å²) in [4.78, 5) is 98.1. The second-order valence-corrected chi connectivity index (χ2v) is 15.2. The average Bonchev–Trinajstić information content (AvgIpc) is 3.54. The van der Waals surface area contributed by atoms with E-state index in [1.54, 1.807) is 0 Å². The summed E-state index contributed by atoms with van der Waals surface area (Å²) in [5.74, 6) is -6.00. The Morgan fingerprint density at radius 3 is 2.15 bits per heavy atom. The minimum atomic E-state index is -1.63. The minimum Gasteiger partial charge on any atom is -0.508 e. The van der Waals surface area contributed by atoms with Gasteiger partial charge in [0.15, 0.2) is 5.96 Å². The molecular weight excluding hydrogens is 807 g/mol. The molecule has 14 N–H and O–H groups in total. The van der Waals surface area contributed by atoms with Crippen molar-refractivity contribution in [2.24, 2.45) is 22.2 Å². The van der Waals surface area contributed by atoms with Crippen molar-refractivity contribution >= 4 is 47.4 Å². The number of nitrogens with zero attached hydrogens (tertiary/aromatic N) is 4. The van der Waals surface area contributed by atoms with Crippen molar-refractivity contribution in [2.45, 2.75) is 102 Å². The highest BCUT2D eigenvalue weighted by atomic mass is 16.4. The summed E-state index contributed by atoms with van der Waals surface area (Å²) in [5.41, 5.74) is 19.2. The second kappa shape index (κ2) is 26.1. The van der Waals surface area contributed by atoms with Gasteiger partial charge in [0.05, 0.1) is 25.2 Å². The van der Waals surface area contributed by atoms with Crippen LogP contribution in [0.4, 0.5) is 0 Å². The maximum atomic E-state index is 14.0. The van der Waals surface area contributed by atoms with Crippen LogP contribution in [0.15, 0.2) is 35.3 Å². The van der Waals surface area contributed by atoms with E-state index in [4.69, 9.17) is 17.2 Å². The van der Waals surface area contributed by atoms with Crippen LogP contribution in [0.25, 0.3) is 0 Å². The second-order valence-electron chi connectivity index (χ2n) is 15.2. The standard InChI is InChI=1S/C40H63N13O9/c1-25-21-26(2)53(51-25)20-19-52(18-14-41)17-6-9-33(55)44-15-4-3-7-30-38(61)49-31(22-27-10-12-28(54)13-11-27)39(62)50-32(23-35(57)58)36(59)46-24-34(56)47-29(37(60)48-30)8-5-16-45-40(42)43/h10-13,21,29-32,54H,3-9,14-20,22-24,41H2,1-2H3,(H,44,55)(H,46,59)(H,47,56)(H,48,60)(H,49,61)(H,50,62)(H,57,58)(H4,42,43,45)/t29-,30-,31+,32-/m0/s1. The van der Waals surface area contributed by atoms with Gasteiger partial charge in [-0.05, 0) is 82.7 Å². The molecule has 1 aromatic heterocycles. The van der Waals surface area contributed by atoms with Gasteiger partial charge < -0.3 is 64.2 Å². The van der Waals surface area contributed by atoms with Gasteiger partial charge in [-0.15, -0.1) is 0 Å². The summed E-state index contributed by atoms with van der Waals surface area (Å²) < 4.78 is 1.95. The molecule has 6 amide bonds. The number of carbonyl (C=O) groups excluding carboxylic acids is 6. The summed E-state index contributed by atoms with van der Waals surface area (Å²) in [5, 5.41) is 39.3. The fraction of sp³-hybridized carbons (Fsp3) is 0.575. The fourth-order valence-corrected chi connectivity index (χ4v) is 6.76. The number of phenols is 1. The number of unbranched alkanes of at least 4 members (excludes halogenated alkanes) is 1. The molecule has 4 atom stereocenters. The van der Waals surface area contributed by atoms with Crippen molar-refractivity contribution in [3.05, 3.63) is 47.3 Å². The van der Waals surface area contributed by atoms with Crippen LogP contribution >= 0.6 is 0 Å². The number of rotatable bonds is 22. The van der Waals surface area contributed by atoms with Crippen LogP contribution in [0.1, 0.15) is 68.3 Å². The van der Waals surface area contributed by atoms with Gasteiger partial charge >= 0.3 is 5.97 Å². The largest absolute Gasteiger partial charge is 0.508 e. The van der Waals surface area contributed by atoms with Crippen LogP contribution in [-0.2, 0) is 46.5 Å². The number of aromatic nitrogens is 2. The predicted octanol–water partition coefficient (Wildman–Crippen LogP) is -2.63.